The molecule has 2 heterocycles. The smallest absolute Gasteiger partial charge is 0.255 e. The fourth-order valence-electron chi connectivity index (χ4n) is 4.81. The van der Waals surface area contributed by atoms with Crippen molar-refractivity contribution >= 4 is 23.4 Å². The first-order chi connectivity index (χ1) is 18.0. The van der Waals surface area contributed by atoms with Gasteiger partial charge in [-0.1, -0.05) is 60.1 Å². The monoisotopic (exact) mass is 513 g/mol. The van der Waals surface area contributed by atoms with Crippen LogP contribution >= 0.6 is 11.6 Å². The summed E-state index contributed by atoms with van der Waals surface area (Å²) in [5.41, 5.74) is 4.86. The van der Waals surface area contributed by atoms with Crippen LogP contribution in [-0.4, -0.2) is 59.5 Å². The van der Waals surface area contributed by atoms with Crippen LogP contribution in [0.25, 0.3) is 16.9 Å². The number of nitrogens with zero attached hydrogens (tertiary/aromatic N) is 3. The molecular formula is C30H28ClN3O3. The molecule has 0 spiro atoms. The lowest BCUT2D eigenvalue weighted by atomic mass is 10.1. The number of rotatable bonds is 5. The Kier molecular flexibility index (Phi) is 7.01. The molecule has 188 valence electrons. The Balaban J connectivity index is 1.42. The summed E-state index contributed by atoms with van der Waals surface area (Å²) >= 11 is 6.23. The molecule has 0 aliphatic carbocycles. The van der Waals surface area contributed by atoms with Crippen LogP contribution in [0.5, 0.6) is 5.75 Å². The number of carbonyl (C=O) groups excluding carboxylic acids is 2. The third-order valence-corrected chi connectivity index (χ3v) is 7.15. The predicted molar refractivity (Wildman–Crippen MR) is 146 cm³/mol. The molecule has 2 amide bonds. The average molecular weight is 514 g/mol. The summed E-state index contributed by atoms with van der Waals surface area (Å²) < 4.78 is 7.55. The normalized spacial score (nSPS) is 13.5. The Morgan fingerprint density at radius 2 is 1.38 bits per heavy atom. The van der Waals surface area contributed by atoms with Gasteiger partial charge in [0, 0.05) is 43.6 Å². The first kappa shape index (κ1) is 24.7. The number of piperazine rings is 1. The molecule has 1 aromatic heterocycles. The van der Waals surface area contributed by atoms with Gasteiger partial charge in [-0.05, 0) is 42.8 Å². The van der Waals surface area contributed by atoms with Gasteiger partial charge in [0.25, 0.3) is 11.8 Å². The van der Waals surface area contributed by atoms with Gasteiger partial charge in [0.2, 0.25) is 0 Å². The lowest BCUT2D eigenvalue weighted by Crippen LogP contribution is -2.50. The molecule has 0 saturated carbocycles. The fourth-order valence-corrected chi connectivity index (χ4v) is 5.03. The zero-order chi connectivity index (χ0) is 25.9. The highest BCUT2D eigenvalue weighted by atomic mass is 35.5. The van der Waals surface area contributed by atoms with Crippen molar-refractivity contribution < 1.29 is 14.3 Å². The van der Waals surface area contributed by atoms with E-state index in [-0.39, 0.29) is 11.8 Å². The lowest BCUT2D eigenvalue weighted by molar-refractivity contribution is 0.0535. The maximum Gasteiger partial charge on any atom is 0.255 e. The summed E-state index contributed by atoms with van der Waals surface area (Å²) in [5, 5.41) is 0.439. The highest BCUT2D eigenvalue weighted by Gasteiger charge is 2.29. The van der Waals surface area contributed by atoms with Gasteiger partial charge < -0.3 is 19.1 Å². The predicted octanol–water partition coefficient (Wildman–Crippen LogP) is 5.71. The quantitative estimate of drug-likeness (QED) is 0.343. The van der Waals surface area contributed by atoms with Crippen LogP contribution in [0.3, 0.4) is 0 Å². The van der Waals surface area contributed by atoms with E-state index in [1.54, 1.807) is 36.3 Å². The van der Waals surface area contributed by atoms with Gasteiger partial charge in [-0.15, -0.1) is 0 Å². The number of aromatic nitrogens is 1. The van der Waals surface area contributed by atoms with E-state index in [9.17, 15) is 9.59 Å². The Morgan fingerprint density at radius 3 is 2.03 bits per heavy atom. The molecule has 1 saturated heterocycles. The van der Waals surface area contributed by atoms with Gasteiger partial charge in [-0.25, -0.2) is 0 Å². The highest BCUT2D eigenvalue weighted by molar-refractivity contribution is 6.33. The van der Waals surface area contributed by atoms with Crippen molar-refractivity contribution in [2.45, 2.75) is 6.92 Å². The second kappa shape index (κ2) is 10.5. The van der Waals surface area contributed by atoms with Gasteiger partial charge in [-0.3, -0.25) is 9.59 Å². The second-order valence-electron chi connectivity index (χ2n) is 9.00. The molecule has 3 aromatic carbocycles. The van der Waals surface area contributed by atoms with E-state index in [2.05, 4.69) is 4.57 Å². The van der Waals surface area contributed by atoms with Crippen molar-refractivity contribution in [1.29, 1.82) is 0 Å². The Labute approximate surface area is 221 Å². The first-order valence-electron chi connectivity index (χ1n) is 12.2. The summed E-state index contributed by atoms with van der Waals surface area (Å²) in [4.78, 5) is 30.3. The number of amides is 2. The van der Waals surface area contributed by atoms with Crippen LogP contribution in [0, 0.1) is 6.92 Å². The fraction of sp³-hybridized carbons (Fsp3) is 0.200. The third-order valence-electron chi connectivity index (χ3n) is 6.82. The molecule has 37 heavy (non-hydrogen) atoms. The number of hydrogen-bond donors (Lipinski definition) is 0. The summed E-state index contributed by atoms with van der Waals surface area (Å²) in [7, 11) is 1.64. The van der Waals surface area contributed by atoms with E-state index in [1.165, 1.54) is 0 Å². The van der Waals surface area contributed by atoms with E-state index in [0.717, 1.165) is 28.4 Å². The second-order valence-corrected chi connectivity index (χ2v) is 9.40. The number of methoxy groups -OCH3 is 1. The van der Waals surface area contributed by atoms with Crippen LogP contribution in [0.1, 0.15) is 26.4 Å². The molecule has 0 radical (unpaired) electrons. The number of benzene rings is 3. The molecule has 0 atom stereocenters. The van der Waals surface area contributed by atoms with E-state index >= 15 is 0 Å². The van der Waals surface area contributed by atoms with Gasteiger partial charge in [0.05, 0.1) is 29.0 Å². The van der Waals surface area contributed by atoms with E-state index < -0.39 is 0 Å². The zero-order valence-electron chi connectivity index (χ0n) is 20.9. The van der Waals surface area contributed by atoms with Crippen molar-refractivity contribution in [3.8, 4) is 22.7 Å². The van der Waals surface area contributed by atoms with E-state index in [4.69, 9.17) is 16.3 Å². The topological polar surface area (TPSA) is 54.8 Å². The highest BCUT2D eigenvalue weighted by Crippen LogP contribution is 2.31. The van der Waals surface area contributed by atoms with Crippen molar-refractivity contribution in [3.63, 3.8) is 0 Å². The molecule has 1 aliphatic heterocycles. The Hall–Kier alpha value is -4.03. The minimum absolute atomic E-state index is 0.0406. The van der Waals surface area contributed by atoms with Crippen LogP contribution < -0.4 is 4.74 Å². The summed E-state index contributed by atoms with van der Waals surface area (Å²) in [6, 6.07) is 26.9. The van der Waals surface area contributed by atoms with E-state index in [0.29, 0.717) is 42.3 Å². The SMILES string of the molecule is COc1cccc(-n2c(-c3ccccc3)cc(C(=O)N3CCN(C(=O)c4ccccc4Cl)CC3)c2C)c1. The molecule has 0 bridgehead atoms. The van der Waals surface area contributed by atoms with Crippen molar-refractivity contribution in [3.05, 3.63) is 107 Å². The number of carbonyl (C=O) groups is 2. The zero-order valence-corrected chi connectivity index (χ0v) is 21.6. The van der Waals surface area contributed by atoms with Crippen LogP contribution in [-0.2, 0) is 0 Å². The van der Waals surface area contributed by atoms with Gasteiger partial charge >= 0.3 is 0 Å². The molecule has 4 aromatic rings. The molecule has 6 nitrogen and oxygen atoms in total. The minimum atomic E-state index is -0.107. The molecule has 5 rings (SSSR count). The summed E-state index contributed by atoms with van der Waals surface area (Å²) in [6.07, 6.45) is 0. The Bertz CT molecular complexity index is 1440. The molecular weight excluding hydrogens is 486 g/mol. The van der Waals surface area contributed by atoms with Gasteiger partial charge in [0.15, 0.2) is 0 Å². The van der Waals surface area contributed by atoms with Crippen LogP contribution in [0.15, 0.2) is 84.9 Å². The third kappa shape index (κ3) is 4.85. The molecule has 0 N–H and O–H groups in total. The van der Waals surface area contributed by atoms with Crippen molar-refractivity contribution in [1.82, 2.24) is 14.4 Å². The van der Waals surface area contributed by atoms with Crippen molar-refractivity contribution in [2.24, 2.45) is 0 Å². The number of hydrogen-bond acceptors (Lipinski definition) is 3. The first-order valence-corrected chi connectivity index (χ1v) is 12.6. The maximum absolute atomic E-state index is 13.7. The van der Waals surface area contributed by atoms with Gasteiger partial charge in [-0.2, -0.15) is 0 Å². The minimum Gasteiger partial charge on any atom is -0.497 e. The number of halogens is 1. The summed E-state index contributed by atoms with van der Waals surface area (Å²) in [5.74, 6) is 0.599. The lowest BCUT2D eigenvalue weighted by Gasteiger charge is -2.35. The van der Waals surface area contributed by atoms with Crippen molar-refractivity contribution in [2.75, 3.05) is 33.3 Å². The Morgan fingerprint density at radius 1 is 0.757 bits per heavy atom. The van der Waals surface area contributed by atoms with E-state index in [1.807, 2.05) is 72.5 Å². The van der Waals surface area contributed by atoms with Crippen LogP contribution in [0.2, 0.25) is 5.02 Å². The molecule has 7 heteroatoms. The number of ether oxygens (including phenoxy) is 1. The molecule has 0 unspecified atom stereocenters. The van der Waals surface area contributed by atoms with Crippen LogP contribution in [0.4, 0.5) is 0 Å². The largest absolute Gasteiger partial charge is 0.497 e. The molecule has 1 aliphatic rings. The molecule has 1 fully saturated rings. The van der Waals surface area contributed by atoms with Gasteiger partial charge in [0.1, 0.15) is 5.75 Å². The summed E-state index contributed by atoms with van der Waals surface area (Å²) in [6.45, 7) is 3.79. The maximum atomic E-state index is 13.7. The standard InChI is InChI=1S/C30H28ClN3O3/c1-21-26(30(36)33-17-15-32(16-18-33)29(35)25-13-6-7-14-27(25)31)20-28(22-9-4-3-5-10-22)34(21)23-11-8-12-24(19-23)37-2/h3-14,19-20H,15-18H2,1-2H3. The average Bonchev–Trinajstić information content (AvgIpc) is 3.30.